The topological polar surface area (TPSA) is 389 Å². The van der Waals surface area contributed by atoms with E-state index in [2.05, 4.69) is 85.6 Å². The Bertz CT molecular complexity index is 5110. The zero-order valence-electron chi connectivity index (χ0n) is 67.3. The van der Waals surface area contributed by atoms with Crippen molar-refractivity contribution in [2.75, 3.05) is 19.9 Å². The van der Waals surface area contributed by atoms with E-state index in [-0.39, 0.29) is 119 Å². The van der Waals surface area contributed by atoms with E-state index in [1.807, 2.05) is 25.2 Å². The number of imide groups is 4. The van der Waals surface area contributed by atoms with Crippen LogP contribution in [-0.2, 0) is 123 Å². The Morgan fingerprint density at radius 2 is 0.704 bits per heavy atom. The lowest BCUT2D eigenvalue weighted by atomic mass is 10.0. The first-order chi connectivity index (χ1) is 55.3. The van der Waals surface area contributed by atoms with Crippen LogP contribution in [0.15, 0.2) is 107 Å². The minimum atomic E-state index is -0.684. The summed E-state index contributed by atoms with van der Waals surface area (Å²) >= 11 is 0. The summed E-state index contributed by atoms with van der Waals surface area (Å²) in [4.78, 5) is 185. The fraction of sp³-hybridized carbons (Fsp3) is 0.512. The number of hydrogen-bond acceptors (Lipinski definition) is 17. The van der Waals surface area contributed by atoms with Crippen LogP contribution in [0.4, 0.5) is 8.78 Å². The van der Waals surface area contributed by atoms with Gasteiger partial charge < -0.3 is 22.8 Å². The molecule has 5 N–H and O–H groups in total. The van der Waals surface area contributed by atoms with E-state index in [0.29, 0.717) is 98.8 Å². The van der Waals surface area contributed by atoms with Crippen LogP contribution in [0.2, 0.25) is 0 Å². The molecule has 6 aromatic heterocycles. The summed E-state index contributed by atoms with van der Waals surface area (Å²) in [6.45, 7) is 25.7. The van der Waals surface area contributed by atoms with Crippen LogP contribution >= 0.6 is 0 Å². The van der Waals surface area contributed by atoms with Gasteiger partial charge in [-0.15, -0.1) is 19.7 Å². The minimum Gasteiger partial charge on any atom is -0.347 e. The third kappa shape index (κ3) is 24.3. The zero-order chi connectivity index (χ0) is 84.4. The van der Waals surface area contributed by atoms with Gasteiger partial charge in [0, 0.05) is 121 Å². The molecule has 6 aromatic rings. The molecule has 0 radical (unpaired) electrons. The molecule has 0 bridgehead atoms. The molecule has 0 saturated carbocycles. The lowest BCUT2D eigenvalue weighted by molar-refractivity contribution is -0.120. The van der Waals surface area contributed by atoms with Crippen molar-refractivity contribution in [3.63, 3.8) is 0 Å². The van der Waals surface area contributed by atoms with Gasteiger partial charge in [0.05, 0.1) is 38.9 Å². The van der Waals surface area contributed by atoms with Crippen molar-refractivity contribution in [2.24, 2.45) is 5.11 Å². The standard InChI is InChI=1S/C21H29N6O3.C17H23FN2O3.C17H24N2O3.C15H18N2O3.C14H17FN2O3/c1-4-7-10-16-15-17(28)18-19(25(16)14-9-8-11-23-24-22)26(12-5-2)21(30)27(13-6-3)20(18)29;1-2-3-9-20-12(7-5-4-6-8-18)10-14(21)16-13(20)11-15(22)19-17(16)23;1-3-5-7-8-12-10-14(20)16-13(19(12)9-6-4-2)11-15(21)18-17(16)22;1-3-5-6-10-8-12(18)14-11(17(10)7-4-2)9-13(19)16-15(14)20;1-2-3-4-9-7-11(18)13-10(17(9)6-5-15)8-12(19)16-14(13)20/h5-6,15,22H,2-4,7-14H2,1H3;10H,2-9,11H2,1H3,(H,19,22,23);10H,3-9,11H2,1-2H3,(H,18,21,22);4,8H,2-3,5-7,9H2,1H3,(H,16,19,20);7H,2-6,8H2,1H3,(H,16,19,20)/q+1;;;;. The molecule has 8 amide bonds. The predicted octanol–water partition coefficient (Wildman–Crippen LogP) is 8.87. The van der Waals surface area contributed by atoms with Crippen molar-refractivity contribution in [1.29, 1.82) is 5.53 Å². The highest BCUT2D eigenvalue weighted by molar-refractivity contribution is 6.11. The van der Waals surface area contributed by atoms with E-state index < -0.39 is 52.9 Å². The van der Waals surface area contributed by atoms with Gasteiger partial charge in [-0.25, -0.2) is 9.18 Å². The molecule has 0 atom stereocenters. The first kappa shape index (κ1) is 92.5. The number of pyridine rings is 5. The third-order valence-corrected chi connectivity index (χ3v) is 19.9. The van der Waals surface area contributed by atoms with Crippen molar-refractivity contribution in [3.8, 4) is 0 Å². The van der Waals surface area contributed by atoms with Crippen molar-refractivity contribution >= 4 is 58.3 Å². The number of carbonyl (C=O) groups is 8. The molecule has 0 saturated heterocycles. The summed E-state index contributed by atoms with van der Waals surface area (Å²) in [6, 6.07) is 7.50. The largest absolute Gasteiger partial charge is 0.347 e. The SMILES string of the molecule is C=CCn1c(=O)c2c(=O)cc(CCCC)n(CCCCN=[N+]=N)c2n(CC=C)c1=O.C=CCn1c(CCCC)cc(=O)c2c1CC(=O)NC2=O.CCCCCc1cc(=O)c2c(n1CCCC)CC(=O)NC2=O.CCCCc1cc(=O)c2c(n1CCF)CC(=O)NC2=O.CCCCn1c(CCCCCF)cc(=O)c2c1CC(=O)NC2=O. The van der Waals surface area contributed by atoms with Crippen LogP contribution in [0.5, 0.6) is 0 Å². The number of allylic oxidation sites excluding steroid dienone is 3. The number of carbonyl (C=O) groups excluding carboxylic acids is 8. The van der Waals surface area contributed by atoms with Crippen LogP contribution in [0.25, 0.3) is 11.0 Å². The monoisotopic (exact) mass is 1590 g/mol. The summed E-state index contributed by atoms with van der Waals surface area (Å²) in [5.41, 5.74) is 10.7. The molecule has 0 spiro atoms. The highest BCUT2D eigenvalue weighted by Gasteiger charge is 2.33. The number of unbranched alkanes of at least 4 members (excludes halogenated alkanes) is 10. The molecular formula is C84H111F2N14O15+. The Morgan fingerprint density at radius 1 is 0.374 bits per heavy atom. The predicted molar refractivity (Wildman–Crippen MR) is 435 cm³/mol. The molecule has 31 heteroatoms. The molecule has 0 aromatic carbocycles. The third-order valence-electron chi connectivity index (χ3n) is 19.9. The number of nitrogens with zero attached hydrogens (tertiary/aromatic N) is 9. The van der Waals surface area contributed by atoms with Crippen molar-refractivity contribution in [3.05, 3.63) is 214 Å². The normalized spacial score (nSPS) is 13.1. The lowest BCUT2D eigenvalue weighted by Crippen LogP contribution is -2.43. The van der Waals surface area contributed by atoms with Gasteiger partial charge in [-0.3, -0.25) is 102 Å². The van der Waals surface area contributed by atoms with Gasteiger partial charge in [-0.2, -0.15) is 0 Å². The summed E-state index contributed by atoms with van der Waals surface area (Å²) < 4.78 is 36.8. The van der Waals surface area contributed by atoms with Crippen molar-refractivity contribution in [2.45, 2.75) is 261 Å². The molecule has 0 unspecified atom stereocenters. The van der Waals surface area contributed by atoms with Gasteiger partial charge >= 0.3 is 5.69 Å². The number of aromatic nitrogens is 7. The van der Waals surface area contributed by atoms with E-state index >= 15 is 0 Å². The maximum Gasteiger partial charge on any atom is 0.333 e. The Morgan fingerprint density at radius 3 is 1.08 bits per heavy atom. The lowest BCUT2D eigenvalue weighted by Gasteiger charge is -2.23. The van der Waals surface area contributed by atoms with E-state index in [9.17, 15) is 80.7 Å². The number of hydrogen-bond donors (Lipinski definition) is 5. The van der Waals surface area contributed by atoms with Gasteiger partial charge in [0.25, 0.3) is 29.2 Å². The molecule has 0 aliphatic carbocycles. The first-order valence-electron chi connectivity index (χ1n) is 40.1. The van der Waals surface area contributed by atoms with Crippen LogP contribution < -0.4 is 64.6 Å². The molecule has 620 valence electrons. The van der Waals surface area contributed by atoms with Crippen LogP contribution in [0.3, 0.4) is 0 Å². The first-order valence-corrected chi connectivity index (χ1v) is 40.1. The Kier molecular flexibility index (Phi) is 37.6. The van der Waals surface area contributed by atoms with Crippen molar-refractivity contribution in [1.82, 2.24) is 58.1 Å². The average Bonchev–Trinajstić information content (AvgIpc) is 0.736. The highest BCUT2D eigenvalue weighted by atomic mass is 19.1. The smallest absolute Gasteiger partial charge is 0.333 e. The molecule has 10 heterocycles. The Balaban J connectivity index is 0.000000225. The second-order valence-corrected chi connectivity index (χ2v) is 28.4. The summed E-state index contributed by atoms with van der Waals surface area (Å²) in [5, 5.41) is 12.4. The second-order valence-electron chi connectivity index (χ2n) is 28.4. The number of amides is 8. The fourth-order valence-electron chi connectivity index (χ4n) is 14.4. The van der Waals surface area contributed by atoms with E-state index in [1.54, 1.807) is 22.8 Å². The van der Waals surface area contributed by atoms with E-state index in [4.69, 9.17) is 5.53 Å². The van der Waals surface area contributed by atoms with Crippen molar-refractivity contribution < 1.29 is 47.1 Å². The van der Waals surface area contributed by atoms with Crippen LogP contribution in [0, 0.1) is 5.53 Å². The zero-order valence-corrected chi connectivity index (χ0v) is 67.3. The molecule has 10 rings (SSSR count). The number of rotatable bonds is 37. The van der Waals surface area contributed by atoms with Crippen LogP contribution in [-0.4, -0.2) is 99.1 Å². The molecule has 4 aliphatic heterocycles. The van der Waals surface area contributed by atoms with Gasteiger partial charge in [-0.1, -0.05) is 111 Å². The van der Waals surface area contributed by atoms with Gasteiger partial charge in [0.2, 0.25) is 28.5 Å². The molecule has 115 heavy (non-hydrogen) atoms. The van der Waals surface area contributed by atoms with Gasteiger partial charge in [0.15, 0.2) is 27.1 Å². The second kappa shape index (κ2) is 46.7. The number of aryl methyl sites for hydroxylation is 6. The maximum atomic E-state index is 13.1. The van der Waals surface area contributed by atoms with Gasteiger partial charge in [-0.05, 0) is 96.3 Å². The maximum absolute atomic E-state index is 13.1. The molecule has 0 fully saturated rings. The van der Waals surface area contributed by atoms with E-state index in [0.717, 1.165) is 143 Å². The van der Waals surface area contributed by atoms with E-state index in [1.165, 1.54) is 34.9 Å². The highest BCUT2D eigenvalue weighted by Crippen LogP contribution is 2.23. The number of halogens is 2. The summed E-state index contributed by atoms with van der Waals surface area (Å²) in [6.07, 6.45) is 24.6. The van der Waals surface area contributed by atoms with Gasteiger partial charge in [0.1, 0.15) is 57.2 Å². The number of alkyl halides is 2. The minimum absolute atomic E-state index is 0.00407. The molecule has 4 aliphatic rings. The number of nitrogens with one attached hydrogen (secondary N) is 5. The Hall–Kier alpha value is -11.4. The summed E-state index contributed by atoms with van der Waals surface area (Å²) in [5.74, 6) is -3.96. The van der Waals surface area contributed by atoms with Crippen LogP contribution in [0.1, 0.15) is 250 Å². The quantitative estimate of drug-likeness (QED) is 0.00799. The summed E-state index contributed by atoms with van der Waals surface area (Å²) in [7, 11) is 0. The molecular weight excluding hydrogens is 1480 g/mol. The molecule has 29 nitrogen and oxygen atoms in total. The number of fused-ring (bicyclic) bond motifs is 5. The average molecular weight is 1590 g/mol. The Labute approximate surface area is 665 Å². The fourth-order valence-corrected chi connectivity index (χ4v) is 14.4.